The lowest BCUT2D eigenvalue weighted by Gasteiger charge is -2.31. The molecule has 154 valence electrons. The highest BCUT2D eigenvalue weighted by atomic mass is 16.5. The molecule has 0 saturated carbocycles. The molecule has 3 rings (SSSR count). The molecule has 0 atom stereocenters. The molecule has 6 heteroatoms. The van der Waals surface area contributed by atoms with Gasteiger partial charge in [0.1, 0.15) is 5.75 Å². The highest BCUT2D eigenvalue weighted by molar-refractivity contribution is 6.06. The van der Waals surface area contributed by atoms with Gasteiger partial charge in [0.05, 0.1) is 12.7 Å². The maximum atomic E-state index is 13.2. The predicted octanol–water partition coefficient (Wildman–Crippen LogP) is 3.89. The summed E-state index contributed by atoms with van der Waals surface area (Å²) in [6.07, 6.45) is 2.05. The Kier molecular flexibility index (Phi) is 6.42. The molecule has 0 spiro atoms. The third-order valence-corrected chi connectivity index (χ3v) is 5.39. The van der Waals surface area contributed by atoms with Crippen LogP contribution in [-0.2, 0) is 0 Å². The molecule has 1 saturated heterocycles. The summed E-state index contributed by atoms with van der Waals surface area (Å²) in [6, 6.07) is 12.4. The van der Waals surface area contributed by atoms with E-state index in [2.05, 4.69) is 12.2 Å². The Hall–Kier alpha value is -3.02. The molecular formula is C23H29N3O3. The monoisotopic (exact) mass is 395 g/mol. The van der Waals surface area contributed by atoms with Gasteiger partial charge in [-0.2, -0.15) is 0 Å². The number of hydrogen-bond acceptors (Lipinski definition) is 4. The summed E-state index contributed by atoms with van der Waals surface area (Å²) in [5.41, 5.74) is 2.58. The van der Waals surface area contributed by atoms with E-state index in [-0.39, 0.29) is 11.8 Å². The van der Waals surface area contributed by atoms with Gasteiger partial charge in [-0.05, 0) is 61.2 Å². The van der Waals surface area contributed by atoms with E-state index < -0.39 is 0 Å². The summed E-state index contributed by atoms with van der Waals surface area (Å²) in [5, 5.41) is 2.90. The average molecular weight is 396 g/mol. The van der Waals surface area contributed by atoms with Crippen LogP contribution in [0.5, 0.6) is 5.75 Å². The summed E-state index contributed by atoms with van der Waals surface area (Å²) in [4.78, 5) is 29.6. The molecule has 0 aromatic heterocycles. The Bertz CT molecular complexity index is 869. The molecular weight excluding hydrogens is 366 g/mol. The van der Waals surface area contributed by atoms with Crippen molar-refractivity contribution < 1.29 is 14.3 Å². The van der Waals surface area contributed by atoms with Gasteiger partial charge in [0.15, 0.2) is 0 Å². The molecule has 2 aromatic rings. The number of carbonyl (C=O) groups is 2. The normalized spacial score (nSPS) is 14.4. The first-order valence-corrected chi connectivity index (χ1v) is 9.95. The van der Waals surface area contributed by atoms with E-state index in [1.54, 1.807) is 37.4 Å². The van der Waals surface area contributed by atoms with Gasteiger partial charge in [-0.3, -0.25) is 9.59 Å². The van der Waals surface area contributed by atoms with Crippen molar-refractivity contribution in [3.8, 4) is 5.75 Å². The van der Waals surface area contributed by atoms with E-state index in [0.717, 1.165) is 31.6 Å². The van der Waals surface area contributed by atoms with Crippen molar-refractivity contribution in [1.29, 1.82) is 0 Å². The van der Waals surface area contributed by atoms with Gasteiger partial charge in [-0.25, -0.2) is 0 Å². The first kappa shape index (κ1) is 20.7. The zero-order valence-corrected chi connectivity index (χ0v) is 17.6. The van der Waals surface area contributed by atoms with Gasteiger partial charge >= 0.3 is 0 Å². The van der Waals surface area contributed by atoms with Gasteiger partial charge < -0.3 is 19.9 Å². The van der Waals surface area contributed by atoms with Gasteiger partial charge in [-0.1, -0.05) is 6.92 Å². The van der Waals surface area contributed by atoms with Crippen LogP contribution in [0, 0.1) is 5.92 Å². The molecule has 1 heterocycles. The minimum atomic E-state index is -0.226. The van der Waals surface area contributed by atoms with Gasteiger partial charge in [0, 0.05) is 44.1 Å². The van der Waals surface area contributed by atoms with Crippen LogP contribution < -0.4 is 15.0 Å². The lowest BCUT2D eigenvalue weighted by atomic mass is 9.98. The van der Waals surface area contributed by atoms with Crippen molar-refractivity contribution in [2.24, 2.45) is 5.92 Å². The molecule has 0 radical (unpaired) electrons. The van der Waals surface area contributed by atoms with Crippen molar-refractivity contribution in [2.75, 3.05) is 44.5 Å². The average Bonchev–Trinajstić information content (AvgIpc) is 2.73. The molecule has 6 nitrogen and oxygen atoms in total. The van der Waals surface area contributed by atoms with E-state index >= 15 is 0 Å². The summed E-state index contributed by atoms with van der Waals surface area (Å²) in [7, 11) is 5.42. The van der Waals surface area contributed by atoms with Crippen molar-refractivity contribution in [3.05, 3.63) is 53.6 Å². The number of carbonyl (C=O) groups excluding carboxylic acids is 2. The van der Waals surface area contributed by atoms with E-state index in [1.165, 1.54) is 0 Å². The van der Waals surface area contributed by atoms with Crippen LogP contribution in [-0.4, -0.2) is 51.0 Å². The lowest BCUT2D eigenvalue weighted by Crippen LogP contribution is -2.38. The number of benzene rings is 2. The van der Waals surface area contributed by atoms with Crippen molar-refractivity contribution >= 4 is 23.2 Å². The topological polar surface area (TPSA) is 61.9 Å². The minimum absolute atomic E-state index is 0.0150. The zero-order valence-electron chi connectivity index (χ0n) is 17.6. The van der Waals surface area contributed by atoms with Gasteiger partial charge in [0.2, 0.25) is 0 Å². The van der Waals surface area contributed by atoms with E-state index in [9.17, 15) is 9.59 Å². The van der Waals surface area contributed by atoms with Crippen LogP contribution in [0.1, 0.15) is 40.5 Å². The minimum Gasteiger partial charge on any atom is -0.497 e. The van der Waals surface area contributed by atoms with Gasteiger partial charge in [0.25, 0.3) is 11.8 Å². The summed E-state index contributed by atoms with van der Waals surface area (Å²) in [5.74, 6) is 1.14. The smallest absolute Gasteiger partial charge is 0.256 e. The molecule has 1 aliphatic rings. The fourth-order valence-corrected chi connectivity index (χ4v) is 3.50. The maximum Gasteiger partial charge on any atom is 0.256 e. The number of anilines is 2. The second-order valence-electron chi connectivity index (χ2n) is 7.78. The number of ether oxygens (including phenoxy) is 1. The number of likely N-dealkylation sites (tertiary alicyclic amines) is 1. The third kappa shape index (κ3) is 4.88. The first-order valence-electron chi connectivity index (χ1n) is 9.95. The van der Waals surface area contributed by atoms with Crippen LogP contribution in [0.15, 0.2) is 42.5 Å². The molecule has 0 bridgehead atoms. The second-order valence-corrected chi connectivity index (χ2v) is 7.78. The highest BCUT2D eigenvalue weighted by Gasteiger charge is 2.24. The molecule has 1 N–H and O–H groups in total. The van der Waals surface area contributed by atoms with E-state index in [1.807, 2.05) is 36.0 Å². The number of piperidine rings is 1. The molecule has 0 aliphatic carbocycles. The van der Waals surface area contributed by atoms with Crippen molar-refractivity contribution in [3.63, 3.8) is 0 Å². The first-order chi connectivity index (χ1) is 13.9. The summed E-state index contributed by atoms with van der Waals surface area (Å²) in [6.45, 7) is 3.77. The SMILES string of the molecule is COc1ccc(C(=O)Nc2ccc(N(C)C)c(C(=O)N3CCC(C)CC3)c2)cc1. The molecule has 1 fully saturated rings. The molecule has 29 heavy (non-hydrogen) atoms. The molecule has 2 amide bonds. The Morgan fingerprint density at radius 3 is 2.31 bits per heavy atom. The Morgan fingerprint density at radius 2 is 1.72 bits per heavy atom. The van der Waals surface area contributed by atoms with E-state index in [0.29, 0.717) is 28.5 Å². The predicted molar refractivity (Wildman–Crippen MR) is 116 cm³/mol. The molecule has 2 aromatic carbocycles. The Labute approximate surface area is 172 Å². The highest BCUT2D eigenvalue weighted by Crippen LogP contribution is 2.27. The third-order valence-electron chi connectivity index (χ3n) is 5.39. The van der Waals surface area contributed by atoms with Gasteiger partial charge in [-0.15, -0.1) is 0 Å². The number of hydrogen-bond donors (Lipinski definition) is 1. The number of nitrogens with one attached hydrogen (secondary N) is 1. The molecule has 0 unspecified atom stereocenters. The van der Waals surface area contributed by atoms with Crippen LogP contribution in [0.2, 0.25) is 0 Å². The van der Waals surface area contributed by atoms with E-state index in [4.69, 9.17) is 4.74 Å². The van der Waals surface area contributed by atoms with Crippen molar-refractivity contribution in [2.45, 2.75) is 19.8 Å². The summed E-state index contributed by atoms with van der Waals surface area (Å²) < 4.78 is 5.13. The fraction of sp³-hybridized carbons (Fsp3) is 0.391. The number of methoxy groups -OCH3 is 1. The lowest BCUT2D eigenvalue weighted by molar-refractivity contribution is 0.0697. The standard InChI is InChI=1S/C23H29N3O3/c1-16-11-13-26(14-12-16)23(28)20-15-18(7-10-21(20)25(2)3)24-22(27)17-5-8-19(29-4)9-6-17/h5-10,15-16H,11-14H2,1-4H3,(H,24,27). The Morgan fingerprint density at radius 1 is 1.07 bits per heavy atom. The van der Waals surface area contributed by atoms with Crippen LogP contribution in [0.4, 0.5) is 11.4 Å². The second kappa shape index (κ2) is 8.99. The Balaban J connectivity index is 1.82. The fourth-order valence-electron chi connectivity index (χ4n) is 3.50. The number of rotatable bonds is 5. The quantitative estimate of drug-likeness (QED) is 0.834. The van der Waals surface area contributed by atoms with Crippen LogP contribution in [0.3, 0.4) is 0 Å². The van der Waals surface area contributed by atoms with Crippen LogP contribution in [0.25, 0.3) is 0 Å². The number of nitrogens with zero attached hydrogens (tertiary/aromatic N) is 2. The summed E-state index contributed by atoms with van der Waals surface area (Å²) >= 11 is 0. The van der Waals surface area contributed by atoms with Crippen molar-refractivity contribution in [1.82, 2.24) is 4.90 Å². The maximum absolute atomic E-state index is 13.2. The van der Waals surface area contributed by atoms with Crippen LogP contribution >= 0.6 is 0 Å². The largest absolute Gasteiger partial charge is 0.497 e. The molecule has 1 aliphatic heterocycles. The zero-order chi connectivity index (χ0) is 21.0. The number of amides is 2.